The maximum atomic E-state index is 12.9. The van der Waals surface area contributed by atoms with Gasteiger partial charge in [-0.2, -0.15) is 4.31 Å². The third-order valence-electron chi connectivity index (χ3n) is 3.21. The quantitative estimate of drug-likeness (QED) is 0.843. The molecule has 0 saturated carbocycles. The number of aliphatic hydroxyl groups excluding tert-OH is 1. The van der Waals surface area contributed by atoms with Crippen LogP contribution in [0.2, 0.25) is 5.02 Å². The number of benzene rings is 1. The molecule has 0 saturated heterocycles. The Hall–Kier alpha value is -0.880. The minimum absolute atomic E-state index is 0.121. The average molecular weight is 332 g/mol. The van der Waals surface area contributed by atoms with Crippen molar-refractivity contribution in [3.63, 3.8) is 0 Å². The van der Waals surface area contributed by atoms with E-state index in [1.807, 2.05) is 20.8 Å². The van der Waals surface area contributed by atoms with E-state index in [0.29, 0.717) is 11.1 Å². The predicted octanol–water partition coefficient (Wildman–Crippen LogP) is 3.12. The van der Waals surface area contributed by atoms with Gasteiger partial charge in [0.15, 0.2) is 0 Å². The Morgan fingerprint density at radius 1 is 1.38 bits per heavy atom. The van der Waals surface area contributed by atoms with E-state index >= 15 is 0 Å². The molecule has 0 aliphatic heterocycles. The van der Waals surface area contributed by atoms with Gasteiger partial charge in [0.1, 0.15) is 0 Å². The van der Waals surface area contributed by atoms with Crippen molar-refractivity contribution in [2.24, 2.45) is 0 Å². The predicted molar refractivity (Wildman–Crippen MR) is 86.0 cm³/mol. The molecule has 1 N–H and O–H groups in total. The van der Waals surface area contributed by atoms with Gasteiger partial charge in [-0.25, -0.2) is 8.42 Å². The van der Waals surface area contributed by atoms with Gasteiger partial charge in [-0.1, -0.05) is 17.7 Å². The summed E-state index contributed by atoms with van der Waals surface area (Å²) in [6, 6.07) is 3.00. The van der Waals surface area contributed by atoms with Crippen molar-refractivity contribution >= 4 is 21.6 Å². The smallest absolute Gasteiger partial charge is 0.244 e. The molecule has 21 heavy (non-hydrogen) atoms. The molecule has 0 fully saturated rings. The number of hydrogen-bond acceptors (Lipinski definition) is 3. The summed E-state index contributed by atoms with van der Waals surface area (Å²) in [7, 11) is -3.74. The van der Waals surface area contributed by atoms with Crippen LogP contribution in [-0.2, 0) is 16.6 Å². The van der Waals surface area contributed by atoms with Crippen LogP contribution in [0.4, 0.5) is 0 Å². The number of nitrogens with zero attached hydrogens (tertiary/aromatic N) is 1. The van der Waals surface area contributed by atoms with Crippen LogP contribution in [0.1, 0.15) is 31.9 Å². The van der Waals surface area contributed by atoms with E-state index in [9.17, 15) is 13.5 Å². The Bertz CT molecular complexity index is 633. The molecular weight excluding hydrogens is 310 g/mol. The lowest BCUT2D eigenvalue weighted by atomic mass is 10.1. The van der Waals surface area contributed by atoms with E-state index in [1.165, 1.54) is 10.4 Å². The summed E-state index contributed by atoms with van der Waals surface area (Å²) in [4.78, 5) is 0.121. The zero-order valence-electron chi connectivity index (χ0n) is 12.9. The average Bonchev–Trinajstić information content (AvgIpc) is 2.36. The van der Waals surface area contributed by atoms with Crippen molar-refractivity contribution in [1.82, 2.24) is 4.31 Å². The summed E-state index contributed by atoms with van der Waals surface area (Å²) in [5.41, 5.74) is 0.426. The minimum atomic E-state index is -3.74. The molecule has 0 amide bonds. The molecule has 1 rings (SSSR count). The number of halogens is 1. The van der Waals surface area contributed by atoms with Crippen LogP contribution in [0.25, 0.3) is 0 Å². The fourth-order valence-electron chi connectivity index (χ4n) is 2.11. The standard InChI is InChI=1S/C15H22ClNO3S/c1-6-7-17(15(3,4)5)21(19,20)14-9-13(16)8-12(10-18)11(14)2/h6,8-9,18H,1,7,10H2,2-5H3. The number of sulfonamides is 1. The summed E-state index contributed by atoms with van der Waals surface area (Å²) in [5.74, 6) is 0. The Morgan fingerprint density at radius 2 is 1.95 bits per heavy atom. The highest BCUT2D eigenvalue weighted by atomic mass is 35.5. The summed E-state index contributed by atoms with van der Waals surface area (Å²) in [6.45, 7) is 10.7. The molecule has 0 unspecified atom stereocenters. The molecule has 1 aromatic carbocycles. The lowest BCUT2D eigenvalue weighted by Gasteiger charge is -2.34. The Kier molecular flexibility index (Phi) is 5.61. The highest BCUT2D eigenvalue weighted by molar-refractivity contribution is 7.89. The van der Waals surface area contributed by atoms with E-state index in [4.69, 9.17) is 11.6 Å². The Morgan fingerprint density at radius 3 is 2.38 bits per heavy atom. The molecule has 0 spiro atoms. The second-order valence-corrected chi connectivity index (χ2v) is 8.11. The van der Waals surface area contributed by atoms with Crippen molar-refractivity contribution < 1.29 is 13.5 Å². The van der Waals surface area contributed by atoms with Gasteiger partial charge in [-0.05, 0) is 51.0 Å². The SMILES string of the molecule is C=CCN(C(C)(C)C)S(=O)(=O)c1cc(Cl)cc(CO)c1C. The number of rotatable bonds is 5. The highest BCUT2D eigenvalue weighted by Crippen LogP contribution is 2.30. The van der Waals surface area contributed by atoms with Crippen LogP contribution in [0, 0.1) is 6.92 Å². The molecule has 0 aliphatic rings. The normalized spacial score (nSPS) is 12.7. The van der Waals surface area contributed by atoms with E-state index in [1.54, 1.807) is 19.1 Å². The van der Waals surface area contributed by atoms with E-state index in [2.05, 4.69) is 6.58 Å². The molecule has 1 aromatic rings. The maximum Gasteiger partial charge on any atom is 0.244 e. The van der Waals surface area contributed by atoms with E-state index < -0.39 is 15.6 Å². The van der Waals surface area contributed by atoms with Gasteiger partial charge in [-0.15, -0.1) is 6.58 Å². The molecule has 6 heteroatoms. The lowest BCUT2D eigenvalue weighted by Crippen LogP contribution is -2.45. The van der Waals surface area contributed by atoms with Crippen LogP contribution < -0.4 is 0 Å². The second kappa shape index (κ2) is 6.48. The lowest BCUT2D eigenvalue weighted by molar-refractivity contribution is 0.269. The number of aliphatic hydroxyl groups is 1. The largest absolute Gasteiger partial charge is 0.392 e. The van der Waals surface area contributed by atoms with Crippen molar-refractivity contribution in [2.75, 3.05) is 6.54 Å². The van der Waals surface area contributed by atoms with E-state index in [-0.39, 0.29) is 23.1 Å². The molecule has 4 nitrogen and oxygen atoms in total. The molecule has 118 valence electrons. The summed E-state index contributed by atoms with van der Waals surface area (Å²) >= 11 is 5.99. The first-order valence-corrected chi connectivity index (χ1v) is 8.41. The van der Waals surface area contributed by atoms with Crippen molar-refractivity contribution in [1.29, 1.82) is 0 Å². The van der Waals surface area contributed by atoms with Crippen molar-refractivity contribution in [3.05, 3.63) is 40.9 Å². The van der Waals surface area contributed by atoms with Gasteiger partial charge >= 0.3 is 0 Å². The van der Waals surface area contributed by atoms with E-state index in [0.717, 1.165) is 0 Å². The topological polar surface area (TPSA) is 57.6 Å². The first-order valence-electron chi connectivity index (χ1n) is 6.59. The van der Waals surface area contributed by atoms with Gasteiger partial charge in [-0.3, -0.25) is 0 Å². The molecular formula is C15H22ClNO3S. The molecule has 0 aliphatic carbocycles. The summed E-state index contributed by atoms with van der Waals surface area (Å²) < 4.78 is 27.3. The van der Waals surface area contributed by atoms with Crippen molar-refractivity contribution in [3.8, 4) is 0 Å². The third-order valence-corrected chi connectivity index (χ3v) is 5.69. The Labute approximate surface area is 132 Å². The fourth-order valence-corrected chi connectivity index (χ4v) is 4.47. The molecule has 0 atom stereocenters. The fraction of sp³-hybridized carbons (Fsp3) is 0.467. The van der Waals surface area contributed by atoms with Crippen LogP contribution in [0.5, 0.6) is 0 Å². The molecule has 0 heterocycles. The van der Waals surface area contributed by atoms with Gasteiger partial charge in [0.05, 0.1) is 11.5 Å². The zero-order valence-corrected chi connectivity index (χ0v) is 14.4. The van der Waals surface area contributed by atoms with Gasteiger partial charge in [0, 0.05) is 17.1 Å². The monoisotopic (exact) mass is 331 g/mol. The highest BCUT2D eigenvalue weighted by Gasteiger charge is 2.34. The molecule has 0 bridgehead atoms. The second-order valence-electron chi connectivity index (χ2n) is 5.84. The van der Waals surface area contributed by atoms with Gasteiger partial charge < -0.3 is 5.11 Å². The van der Waals surface area contributed by atoms with Gasteiger partial charge in [0.25, 0.3) is 0 Å². The molecule has 0 aromatic heterocycles. The third kappa shape index (κ3) is 3.86. The Balaban J connectivity index is 3.56. The van der Waals surface area contributed by atoms with Crippen molar-refractivity contribution in [2.45, 2.75) is 44.7 Å². The first kappa shape index (κ1) is 18.2. The maximum absolute atomic E-state index is 12.9. The summed E-state index contributed by atoms with van der Waals surface area (Å²) in [6.07, 6.45) is 1.55. The zero-order chi connectivity index (χ0) is 16.4. The van der Waals surface area contributed by atoms with Crippen LogP contribution in [0.15, 0.2) is 29.7 Å². The summed E-state index contributed by atoms with van der Waals surface area (Å²) in [5, 5.41) is 9.64. The first-order chi connectivity index (χ1) is 9.55. The van der Waals surface area contributed by atoms with Gasteiger partial charge in [0.2, 0.25) is 10.0 Å². The van der Waals surface area contributed by atoms with Crippen LogP contribution in [0.3, 0.4) is 0 Å². The van der Waals surface area contributed by atoms with Crippen LogP contribution in [-0.4, -0.2) is 29.9 Å². The van der Waals surface area contributed by atoms with Crippen LogP contribution >= 0.6 is 11.6 Å². The number of hydrogen-bond donors (Lipinski definition) is 1. The minimum Gasteiger partial charge on any atom is -0.392 e. The molecule has 0 radical (unpaired) electrons.